The summed E-state index contributed by atoms with van der Waals surface area (Å²) in [5.74, 6) is 0.881. The van der Waals surface area contributed by atoms with E-state index in [1.165, 1.54) is 5.56 Å². The van der Waals surface area contributed by atoms with Crippen molar-refractivity contribution in [2.45, 2.75) is 13.0 Å². The zero-order valence-corrected chi connectivity index (χ0v) is 13.9. The van der Waals surface area contributed by atoms with Gasteiger partial charge in [0, 0.05) is 44.6 Å². The second-order valence-corrected chi connectivity index (χ2v) is 5.93. The molecule has 1 fully saturated rings. The van der Waals surface area contributed by atoms with Gasteiger partial charge in [-0.2, -0.15) is 0 Å². The van der Waals surface area contributed by atoms with E-state index in [0.717, 1.165) is 19.0 Å². The Morgan fingerprint density at radius 2 is 1.75 bits per heavy atom. The molecule has 0 spiro atoms. The van der Waals surface area contributed by atoms with Crippen molar-refractivity contribution in [2.24, 2.45) is 0 Å². The van der Waals surface area contributed by atoms with E-state index in [2.05, 4.69) is 39.2 Å². The van der Waals surface area contributed by atoms with E-state index >= 15 is 0 Å². The van der Waals surface area contributed by atoms with E-state index in [4.69, 9.17) is 0 Å². The fourth-order valence-corrected chi connectivity index (χ4v) is 2.82. The summed E-state index contributed by atoms with van der Waals surface area (Å²) in [6.45, 7) is 5.39. The van der Waals surface area contributed by atoms with Crippen LogP contribution in [0.4, 0.5) is 5.95 Å². The number of hydrogen-bond donors (Lipinski definition) is 1. The fraction of sp³-hybridized carbons (Fsp3) is 0.389. The highest BCUT2D eigenvalue weighted by Gasteiger charge is 2.22. The molecule has 1 amide bonds. The Kier molecular flexibility index (Phi) is 5.38. The smallest absolute Gasteiger partial charge is 0.236 e. The van der Waals surface area contributed by atoms with Gasteiger partial charge in [-0.05, 0) is 18.6 Å². The molecular weight excluding hydrogens is 302 g/mol. The van der Waals surface area contributed by atoms with Gasteiger partial charge >= 0.3 is 0 Å². The van der Waals surface area contributed by atoms with Crippen LogP contribution in [0.5, 0.6) is 0 Å². The van der Waals surface area contributed by atoms with Crippen molar-refractivity contribution in [3.8, 4) is 0 Å². The van der Waals surface area contributed by atoms with E-state index in [1.807, 2.05) is 29.2 Å². The largest absolute Gasteiger partial charge is 0.338 e. The number of benzene rings is 1. The van der Waals surface area contributed by atoms with Gasteiger partial charge in [0.25, 0.3) is 0 Å². The van der Waals surface area contributed by atoms with Gasteiger partial charge in [0.05, 0.1) is 6.54 Å². The molecule has 0 unspecified atom stereocenters. The monoisotopic (exact) mass is 325 g/mol. The predicted octanol–water partition coefficient (Wildman–Crippen LogP) is 1.48. The highest BCUT2D eigenvalue weighted by atomic mass is 16.2. The number of nitrogens with one attached hydrogen (secondary N) is 1. The van der Waals surface area contributed by atoms with E-state index in [-0.39, 0.29) is 11.9 Å². The molecule has 126 valence electrons. The molecule has 1 saturated heterocycles. The summed E-state index contributed by atoms with van der Waals surface area (Å²) in [5, 5.41) is 3.31. The highest BCUT2D eigenvalue weighted by Crippen LogP contribution is 2.12. The lowest BCUT2D eigenvalue weighted by Crippen LogP contribution is -2.51. The molecule has 6 nitrogen and oxygen atoms in total. The summed E-state index contributed by atoms with van der Waals surface area (Å²) in [5.41, 5.74) is 1.19. The molecule has 1 aromatic heterocycles. The van der Waals surface area contributed by atoms with Crippen LogP contribution in [0.15, 0.2) is 48.8 Å². The van der Waals surface area contributed by atoms with Crippen LogP contribution in [0.2, 0.25) is 0 Å². The molecule has 1 aromatic carbocycles. The molecular formula is C18H23N5O. The number of piperazine rings is 1. The number of rotatable bonds is 5. The molecule has 0 bridgehead atoms. The van der Waals surface area contributed by atoms with Gasteiger partial charge in [-0.25, -0.2) is 9.97 Å². The summed E-state index contributed by atoms with van der Waals surface area (Å²) < 4.78 is 0. The third kappa shape index (κ3) is 4.08. The van der Waals surface area contributed by atoms with E-state index in [0.29, 0.717) is 19.6 Å². The molecule has 0 aliphatic carbocycles. The second kappa shape index (κ2) is 7.88. The topological polar surface area (TPSA) is 61.4 Å². The first kappa shape index (κ1) is 16.4. The van der Waals surface area contributed by atoms with E-state index in [9.17, 15) is 4.79 Å². The van der Waals surface area contributed by atoms with Crippen LogP contribution in [-0.2, 0) is 4.79 Å². The first-order chi connectivity index (χ1) is 11.7. The molecule has 1 atom stereocenters. The summed E-state index contributed by atoms with van der Waals surface area (Å²) in [6, 6.07) is 12.1. The van der Waals surface area contributed by atoms with Crippen LogP contribution in [0.3, 0.4) is 0 Å². The summed E-state index contributed by atoms with van der Waals surface area (Å²) in [6.07, 6.45) is 3.49. The average molecular weight is 325 g/mol. The summed E-state index contributed by atoms with van der Waals surface area (Å²) in [4.78, 5) is 24.9. The van der Waals surface area contributed by atoms with Crippen molar-refractivity contribution in [3.63, 3.8) is 0 Å². The van der Waals surface area contributed by atoms with Crippen molar-refractivity contribution >= 4 is 11.9 Å². The zero-order valence-electron chi connectivity index (χ0n) is 13.9. The van der Waals surface area contributed by atoms with Crippen molar-refractivity contribution in [1.29, 1.82) is 0 Å². The lowest BCUT2D eigenvalue weighted by molar-refractivity contribution is -0.130. The molecule has 3 rings (SSSR count). The Morgan fingerprint density at radius 3 is 2.42 bits per heavy atom. The van der Waals surface area contributed by atoms with Gasteiger partial charge in [-0.3, -0.25) is 4.79 Å². The van der Waals surface area contributed by atoms with Gasteiger partial charge in [-0.15, -0.1) is 0 Å². The predicted molar refractivity (Wildman–Crippen MR) is 93.7 cm³/mol. The lowest BCUT2D eigenvalue weighted by Gasteiger charge is -2.35. The van der Waals surface area contributed by atoms with E-state index in [1.54, 1.807) is 12.4 Å². The Balaban J connectivity index is 1.45. The van der Waals surface area contributed by atoms with Crippen molar-refractivity contribution in [3.05, 3.63) is 54.4 Å². The maximum atomic E-state index is 12.4. The third-order valence-corrected chi connectivity index (χ3v) is 4.33. The number of anilines is 1. The van der Waals surface area contributed by atoms with Gasteiger partial charge < -0.3 is 15.1 Å². The minimum Gasteiger partial charge on any atom is -0.338 e. The first-order valence-corrected chi connectivity index (χ1v) is 8.32. The molecule has 1 aliphatic heterocycles. The molecule has 1 aliphatic rings. The van der Waals surface area contributed by atoms with Crippen molar-refractivity contribution in [1.82, 2.24) is 20.2 Å². The van der Waals surface area contributed by atoms with Gasteiger partial charge in [0.2, 0.25) is 11.9 Å². The number of aromatic nitrogens is 2. The lowest BCUT2D eigenvalue weighted by atomic mass is 10.1. The summed E-state index contributed by atoms with van der Waals surface area (Å²) in [7, 11) is 0. The number of carbonyl (C=O) groups is 1. The SMILES string of the molecule is C[C@H](NCC(=O)N1CCN(c2ncccn2)CC1)c1ccccc1. The second-order valence-electron chi connectivity index (χ2n) is 5.93. The van der Waals surface area contributed by atoms with Gasteiger partial charge in [-0.1, -0.05) is 30.3 Å². The molecule has 0 radical (unpaired) electrons. The van der Waals surface area contributed by atoms with Gasteiger partial charge in [0.15, 0.2) is 0 Å². The standard InChI is InChI=1S/C18H23N5O/c1-15(16-6-3-2-4-7-16)21-14-17(24)22-10-12-23(13-11-22)18-19-8-5-9-20-18/h2-9,15,21H,10-14H2,1H3/t15-/m0/s1. The van der Waals surface area contributed by atoms with Gasteiger partial charge in [0.1, 0.15) is 0 Å². The highest BCUT2D eigenvalue weighted by molar-refractivity contribution is 5.78. The Labute approximate surface area is 142 Å². The quantitative estimate of drug-likeness (QED) is 0.902. The maximum Gasteiger partial charge on any atom is 0.236 e. The number of hydrogen-bond acceptors (Lipinski definition) is 5. The fourth-order valence-electron chi connectivity index (χ4n) is 2.82. The normalized spacial score (nSPS) is 16.0. The first-order valence-electron chi connectivity index (χ1n) is 8.32. The molecule has 2 aromatic rings. The van der Waals surface area contributed by atoms with Crippen molar-refractivity contribution in [2.75, 3.05) is 37.6 Å². The third-order valence-electron chi connectivity index (χ3n) is 4.33. The van der Waals surface area contributed by atoms with Crippen LogP contribution in [-0.4, -0.2) is 53.5 Å². The van der Waals surface area contributed by atoms with Crippen molar-refractivity contribution < 1.29 is 4.79 Å². The minimum absolute atomic E-state index is 0.145. The molecule has 1 N–H and O–H groups in total. The number of amides is 1. The van der Waals surface area contributed by atoms with Crippen LogP contribution >= 0.6 is 0 Å². The maximum absolute atomic E-state index is 12.4. The summed E-state index contributed by atoms with van der Waals surface area (Å²) >= 11 is 0. The molecule has 2 heterocycles. The minimum atomic E-state index is 0.145. The van der Waals surface area contributed by atoms with Crippen LogP contribution in [0.25, 0.3) is 0 Å². The Bertz CT molecular complexity index is 641. The van der Waals surface area contributed by atoms with Crippen LogP contribution in [0.1, 0.15) is 18.5 Å². The van der Waals surface area contributed by atoms with Crippen LogP contribution in [0, 0.1) is 0 Å². The van der Waals surface area contributed by atoms with E-state index < -0.39 is 0 Å². The number of nitrogens with zero attached hydrogens (tertiary/aromatic N) is 4. The molecule has 6 heteroatoms. The van der Waals surface area contributed by atoms with Crippen LogP contribution < -0.4 is 10.2 Å². The zero-order chi connectivity index (χ0) is 16.8. The molecule has 0 saturated carbocycles. The Hall–Kier alpha value is -2.47. The Morgan fingerprint density at radius 1 is 1.08 bits per heavy atom. The average Bonchev–Trinajstić information content (AvgIpc) is 2.67. The molecule has 24 heavy (non-hydrogen) atoms. The number of carbonyl (C=O) groups excluding carboxylic acids is 1.